The number of nitrogens with one attached hydrogen (secondary N) is 1. The predicted octanol–water partition coefficient (Wildman–Crippen LogP) is 3.15. The third-order valence-corrected chi connectivity index (χ3v) is 7.17. The molecule has 0 unspecified atom stereocenters. The van der Waals surface area contributed by atoms with Gasteiger partial charge in [-0.2, -0.15) is 0 Å². The number of primary amides is 1. The van der Waals surface area contributed by atoms with E-state index in [9.17, 15) is 14.4 Å². The number of nitrogens with zero attached hydrogens (tertiary/aromatic N) is 1. The highest BCUT2D eigenvalue weighted by Gasteiger charge is 2.70. The summed E-state index contributed by atoms with van der Waals surface area (Å²) in [5.74, 6) is -2.19. The van der Waals surface area contributed by atoms with Gasteiger partial charge in [0.15, 0.2) is 5.78 Å². The third kappa shape index (κ3) is 2.46. The lowest BCUT2D eigenvalue weighted by atomic mass is 9.64. The number of carbonyl (C=O) groups excluding carboxylic acids is 3. The maximum Gasteiger partial charge on any atom is 0.240 e. The van der Waals surface area contributed by atoms with Gasteiger partial charge in [0.1, 0.15) is 11.5 Å². The Balaban J connectivity index is 1.67. The first-order valence-corrected chi connectivity index (χ1v) is 10.9. The maximum absolute atomic E-state index is 14.1. The molecule has 3 aromatic rings. The zero-order valence-corrected chi connectivity index (χ0v) is 17.6. The molecule has 3 N–H and O–H groups in total. The van der Waals surface area contributed by atoms with Crippen LogP contribution in [0, 0.1) is 5.92 Å². The van der Waals surface area contributed by atoms with Crippen molar-refractivity contribution in [1.29, 1.82) is 0 Å². The zero-order valence-electron chi connectivity index (χ0n) is 17.6. The van der Waals surface area contributed by atoms with Gasteiger partial charge in [0.05, 0.1) is 12.0 Å². The first kappa shape index (κ1) is 19.5. The Morgan fingerprint density at radius 3 is 2.39 bits per heavy atom. The number of hydrogen-bond donors (Lipinski definition) is 2. The second kappa shape index (κ2) is 6.90. The van der Waals surface area contributed by atoms with Gasteiger partial charge < -0.3 is 16.0 Å². The average molecular weight is 435 g/mol. The van der Waals surface area contributed by atoms with Crippen LogP contribution in [-0.2, 0) is 15.0 Å². The van der Waals surface area contributed by atoms with E-state index >= 15 is 0 Å². The SMILES string of the molecule is NC(=O)[C@@H]1[C@H](C(=O)c2ccccc2)[C@]2(C(=O)Nc3ccccc32)[C@@H]2C=Cc3ccccc3N12. The number of ketones is 1. The molecule has 6 nitrogen and oxygen atoms in total. The molecule has 3 heterocycles. The maximum atomic E-state index is 14.1. The molecule has 3 aliphatic rings. The molecule has 1 saturated heterocycles. The van der Waals surface area contributed by atoms with Crippen LogP contribution >= 0.6 is 0 Å². The van der Waals surface area contributed by atoms with Crippen molar-refractivity contribution in [2.45, 2.75) is 17.5 Å². The van der Waals surface area contributed by atoms with Crippen molar-refractivity contribution in [2.24, 2.45) is 11.7 Å². The van der Waals surface area contributed by atoms with Crippen molar-refractivity contribution in [3.8, 4) is 0 Å². The molecule has 3 aliphatic heterocycles. The molecule has 0 saturated carbocycles. The van der Waals surface area contributed by atoms with E-state index in [2.05, 4.69) is 5.32 Å². The average Bonchev–Trinajstić information content (AvgIpc) is 3.32. The van der Waals surface area contributed by atoms with Gasteiger partial charge >= 0.3 is 0 Å². The second-order valence-electron chi connectivity index (χ2n) is 8.69. The highest BCUT2D eigenvalue weighted by molar-refractivity contribution is 6.16. The number of nitrogens with two attached hydrogens (primary N) is 1. The molecular weight excluding hydrogens is 414 g/mol. The van der Waals surface area contributed by atoms with Crippen LogP contribution in [0.5, 0.6) is 0 Å². The fourth-order valence-electron chi connectivity index (χ4n) is 5.93. The first-order valence-electron chi connectivity index (χ1n) is 10.9. The summed E-state index contributed by atoms with van der Waals surface area (Å²) in [5, 5.41) is 2.98. The van der Waals surface area contributed by atoms with E-state index in [0.717, 1.165) is 11.3 Å². The van der Waals surface area contributed by atoms with Crippen LogP contribution in [0.1, 0.15) is 21.5 Å². The van der Waals surface area contributed by atoms with Crippen molar-refractivity contribution >= 4 is 35.0 Å². The van der Waals surface area contributed by atoms with Crippen LogP contribution in [0.3, 0.4) is 0 Å². The van der Waals surface area contributed by atoms with Gasteiger partial charge in [0, 0.05) is 16.9 Å². The largest absolute Gasteiger partial charge is 0.368 e. The number of amides is 2. The van der Waals surface area contributed by atoms with Gasteiger partial charge in [0.2, 0.25) is 11.8 Å². The Kier molecular flexibility index (Phi) is 4.08. The third-order valence-electron chi connectivity index (χ3n) is 7.17. The van der Waals surface area contributed by atoms with Crippen LogP contribution in [0.15, 0.2) is 84.9 Å². The second-order valence-corrected chi connectivity index (χ2v) is 8.69. The molecule has 0 bridgehead atoms. The van der Waals surface area contributed by atoms with E-state index in [1.807, 2.05) is 71.6 Å². The molecule has 0 radical (unpaired) electrons. The Morgan fingerprint density at radius 2 is 1.61 bits per heavy atom. The molecular formula is C27H21N3O3. The number of carbonyl (C=O) groups is 3. The number of benzene rings is 3. The summed E-state index contributed by atoms with van der Waals surface area (Å²) in [7, 11) is 0. The summed E-state index contributed by atoms with van der Waals surface area (Å²) in [5.41, 5.74) is 8.21. The minimum Gasteiger partial charge on any atom is -0.368 e. The smallest absolute Gasteiger partial charge is 0.240 e. The zero-order chi connectivity index (χ0) is 22.7. The van der Waals surface area contributed by atoms with Crippen molar-refractivity contribution in [1.82, 2.24) is 0 Å². The van der Waals surface area contributed by atoms with E-state index in [4.69, 9.17) is 5.73 Å². The summed E-state index contributed by atoms with van der Waals surface area (Å²) in [6.45, 7) is 0. The summed E-state index contributed by atoms with van der Waals surface area (Å²) >= 11 is 0. The Labute approximate surface area is 190 Å². The molecule has 1 fully saturated rings. The van der Waals surface area contributed by atoms with Gasteiger partial charge in [-0.1, -0.05) is 78.9 Å². The topological polar surface area (TPSA) is 92.5 Å². The van der Waals surface area contributed by atoms with E-state index < -0.39 is 29.3 Å². The lowest BCUT2D eigenvalue weighted by molar-refractivity contribution is -0.122. The number of fused-ring (bicyclic) bond motifs is 6. The summed E-state index contributed by atoms with van der Waals surface area (Å²) in [6.07, 6.45) is 3.89. The van der Waals surface area contributed by atoms with E-state index in [1.165, 1.54) is 0 Å². The standard InChI is InChI=1S/C27H21N3O3/c28-25(32)23-22(24(31)17-9-2-1-3-10-17)27(18-11-5-6-12-19(18)29-26(27)33)21-15-14-16-8-4-7-13-20(16)30(21)23/h1-15,21-23H,(H2,28,32)(H,29,33)/t21-,22+,23-,27+/m0/s1. The van der Waals surface area contributed by atoms with Crippen LogP contribution in [0.25, 0.3) is 6.08 Å². The monoisotopic (exact) mass is 435 g/mol. The van der Waals surface area contributed by atoms with Crippen molar-refractivity contribution in [3.05, 3.63) is 102 Å². The predicted molar refractivity (Wildman–Crippen MR) is 126 cm³/mol. The summed E-state index contributed by atoms with van der Waals surface area (Å²) in [4.78, 5) is 42.9. The van der Waals surface area contributed by atoms with Gasteiger partial charge in [-0.15, -0.1) is 0 Å². The summed E-state index contributed by atoms with van der Waals surface area (Å²) < 4.78 is 0. The fraction of sp³-hybridized carbons (Fsp3) is 0.148. The molecule has 1 spiro atoms. The molecule has 4 atom stereocenters. The molecule has 2 amide bonds. The minimum absolute atomic E-state index is 0.272. The normalized spacial score (nSPS) is 26.5. The molecule has 0 aliphatic carbocycles. The molecule has 162 valence electrons. The molecule has 3 aromatic carbocycles. The molecule has 0 aromatic heterocycles. The number of Topliss-reactive ketones (excluding diaryl/α,β-unsaturated/α-hetero) is 1. The highest BCUT2D eigenvalue weighted by Crippen LogP contribution is 2.57. The minimum atomic E-state index is -1.30. The van der Waals surface area contributed by atoms with Crippen LogP contribution in [-0.4, -0.2) is 29.7 Å². The van der Waals surface area contributed by atoms with E-state index in [0.29, 0.717) is 16.8 Å². The van der Waals surface area contributed by atoms with Crippen LogP contribution in [0.4, 0.5) is 11.4 Å². The van der Waals surface area contributed by atoms with Gasteiger partial charge in [0.25, 0.3) is 0 Å². The van der Waals surface area contributed by atoms with Crippen LogP contribution < -0.4 is 16.0 Å². The number of rotatable bonds is 3. The Hall–Kier alpha value is -4.19. The van der Waals surface area contributed by atoms with E-state index in [-0.39, 0.29) is 11.7 Å². The van der Waals surface area contributed by atoms with Crippen LogP contribution in [0.2, 0.25) is 0 Å². The molecule has 6 heteroatoms. The lowest BCUT2D eigenvalue weighted by Crippen LogP contribution is -2.51. The van der Waals surface area contributed by atoms with Crippen molar-refractivity contribution < 1.29 is 14.4 Å². The van der Waals surface area contributed by atoms with E-state index in [1.54, 1.807) is 24.3 Å². The number of para-hydroxylation sites is 2. The number of hydrogen-bond acceptors (Lipinski definition) is 4. The Bertz CT molecular complexity index is 1350. The van der Waals surface area contributed by atoms with Gasteiger partial charge in [-0.3, -0.25) is 14.4 Å². The fourth-order valence-corrected chi connectivity index (χ4v) is 5.93. The summed E-state index contributed by atoms with van der Waals surface area (Å²) in [6, 6.07) is 22.3. The van der Waals surface area contributed by atoms with Crippen molar-refractivity contribution in [3.63, 3.8) is 0 Å². The lowest BCUT2D eigenvalue weighted by Gasteiger charge is -2.37. The molecule has 6 rings (SSSR count). The highest BCUT2D eigenvalue weighted by atomic mass is 16.2. The Morgan fingerprint density at radius 1 is 0.909 bits per heavy atom. The molecule has 33 heavy (non-hydrogen) atoms. The first-order chi connectivity index (χ1) is 16.0. The quantitative estimate of drug-likeness (QED) is 0.618. The number of anilines is 2. The van der Waals surface area contributed by atoms with Gasteiger partial charge in [-0.25, -0.2) is 0 Å². The van der Waals surface area contributed by atoms with Gasteiger partial charge in [-0.05, 0) is 23.3 Å². The van der Waals surface area contributed by atoms with Crippen molar-refractivity contribution in [2.75, 3.05) is 10.2 Å².